The van der Waals surface area contributed by atoms with Crippen molar-refractivity contribution in [3.63, 3.8) is 0 Å². The third-order valence-electron chi connectivity index (χ3n) is 13.3. The summed E-state index contributed by atoms with van der Waals surface area (Å²) in [6.45, 7) is 15.1. The van der Waals surface area contributed by atoms with Gasteiger partial charge in [0, 0.05) is 76.9 Å². The average molecular weight is 1030 g/mol. The lowest BCUT2D eigenvalue weighted by atomic mass is 9.81. The number of Topliss-reactive ketones (excluding diaryl/α,β-unsaturated/α-hetero) is 2. The Labute approximate surface area is 423 Å². The van der Waals surface area contributed by atoms with Crippen LogP contribution in [0.1, 0.15) is 99.0 Å². The fourth-order valence-electron chi connectivity index (χ4n) is 9.53. The number of ketones is 2. The first-order chi connectivity index (χ1) is 34.2. The highest BCUT2D eigenvalue weighted by Gasteiger charge is 2.30. The van der Waals surface area contributed by atoms with Crippen LogP contribution in [0.5, 0.6) is 0 Å². The quantitative estimate of drug-likeness (QED) is 0.0218. The molecule has 0 bridgehead atoms. The highest BCUT2D eigenvalue weighted by Crippen LogP contribution is 2.42. The lowest BCUT2D eigenvalue weighted by Crippen LogP contribution is -2.14. The van der Waals surface area contributed by atoms with E-state index in [4.69, 9.17) is 0 Å². The molecule has 0 aliphatic carbocycles. The molecule has 0 unspecified atom stereocenters. The molecule has 0 atom stereocenters. The van der Waals surface area contributed by atoms with Crippen molar-refractivity contribution in [3.8, 4) is 0 Å². The molecule has 7 aromatic rings. The second kappa shape index (κ2) is 20.7. The molecule has 0 spiro atoms. The third kappa shape index (κ3) is 11.4. The van der Waals surface area contributed by atoms with Gasteiger partial charge in [0.05, 0.1) is 19.6 Å². The predicted molar refractivity (Wildman–Crippen MR) is 280 cm³/mol. The molecule has 4 N–H and O–H groups in total. The molecule has 0 saturated heterocycles. The van der Waals surface area contributed by atoms with Gasteiger partial charge in [0.1, 0.15) is 0 Å². The summed E-state index contributed by atoms with van der Waals surface area (Å²) in [5.41, 5.74) is 12.6. The maximum absolute atomic E-state index is 13.4. The van der Waals surface area contributed by atoms with Crippen LogP contribution in [0.15, 0.2) is 125 Å². The standard InChI is InChI=1S/C55H52N4O12S2/c1-30-23-34(5)54(36(7)48(30)28-50(60)38-9-15-42(16-10-38)58(62)63)56-40-13-20-45(32(3)25-40)53(47-22-19-44(72(66,67)68)27-52(47)73(69,70)71)46-21-14-41(26-33(46)4)57-55-35(6)24-31(2)49(37(55)8)29-51(61)39-11-17-43(18-12-39)59(64)65/h9-27,53,56-57H,28-29H2,1-8H3,(H,66,67,68)(H,69,70,71). The van der Waals surface area contributed by atoms with Gasteiger partial charge in [-0.1, -0.05) is 30.3 Å². The average Bonchev–Trinajstić information content (AvgIpc) is 3.32. The van der Waals surface area contributed by atoms with Crippen molar-refractivity contribution in [2.45, 2.75) is 83.9 Å². The fraction of sp³-hybridized carbons (Fsp3) is 0.200. The minimum Gasteiger partial charge on any atom is -0.355 e. The largest absolute Gasteiger partial charge is 0.355 e. The molecule has 0 aromatic heterocycles. The van der Waals surface area contributed by atoms with Crippen LogP contribution < -0.4 is 10.6 Å². The second-order valence-corrected chi connectivity index (χ2v) is 21.1. The molecule has 7 rings (SSSR count). The Hall–Kier alpha value is -7.90. The minimum atomic E-state index is -5.10. The summed E-state index contributed by atoms with van der Waals surface area (Å²) in [7, 11) is -10.00. The molecule has 0 fully saturated rings. The van der Waals surface area contributed by atoms with E-state index in [-0.39, 0.29) is 41.3 Å². The van der Waals surface area contributed by atoms with Crippen molar-refractivity contribution in [2.24, 2.45) is 0 Å². The molecular weight excluding hydrogens is 973 g/mol. The Kier molecular flexibility index (Phi) is 15.0. The van der Waals surface area contributed by atoms with Gasteiger partial charge < -0.3 is 10.6 Å². The molecule has 0 heterocycles. The number of non-ortho nitro benzene ring substituents is 2. The summed E-state index contributed by atoms with van der Waals surface area (Å²) >= 11 is 0. The van der Waals surface area contributed by atoms with Crippen LogP contribution in [0.3, 0.4) is 0 Å². The first kappa shape index (κ1) is 52.9. The van der Waals surface area contributed by atoms with Gasteiger partial charge in [0.2, 0.25) is 0 Å². The van der Waals surface area contributed by atoms with E-state index >= 15 is 0 Å². The molecule has 0 saturated carbocycles. The van der Waals surface area contributed by atoms with Crippen LogP contribution in [0, 0.1) is 75.6 Å². The molecule has 73 heavy (non-hydrogen) atoms. The number of rotatable bonds is 17. The van der Waals surface area contributed by atoms with Gasteiger partial charge in [0.15, 0.2) is 11.6 Å². The number of hydrogen-bond acceptors (Lipinski definition) is 12. The Morgan fingerprint density at radius 2 is 0.877 bits per heavy atom. The Morgan fingerprint density at radius 3 is 1.22 bits per heavy atom. The molecule has 0 amide bonds. The van der Waals surface area contributed by atoms with E-state index in [9.17, 15) is 55.8 Å². The monoisotopic (exact) mass is 1020 g/mol. The Bertz CT molecular complexity index is 3470. The zero-order valence-electron chi connectivity index (χ0n) is 41.1. The minimum absolute atomic E-state index is 0.0302. The maximum Gasteiger partial charge on any atom is 0.294 e. The van der Waals surface area contributed by atoms with Gasteiger partial charge in [-0.05, 0) is 188 Å². The van der Waals surface area contributed by atoms with Crippen LogP contribution in [0.25, 0.3) is 0 Å². The second-order valence-electron chi connectivity index (χ2n) is 18.3. The zero-order chi connectivity index (χ0) is 53.4. The lowest BCUT2D eigenvalue weighted by Gasteiger charge is -2.26. The molecule has 16 nitrogen and oxygen atoms in total. The van der Waals surface area contributed by atoms with Crippen molar-refractivity contribution >= 4 is 65.9 Å². The highest BCUT2D eigenvalue weighted by molar-refractivity contribution is 7.86. The molecular formula is C55H52N4O12S2. The number of benzene rings is 7. The van der Waals surface area contributed by atoms with Crippen molar-refractivity contribution < 1.29 is 45.4 Å². The van der Waals surface area contributed by atoms with E-state index in [0.29, 0.717) is 44.8 Å². The maximum atomic E-state index is 13.4. The first-order valence-corrected chi connectivity index (χ1v) is 25.7. The van der Waals surface area contributed by atoms with Gasteiger partial charge in [-0.2, -0.15) is 16.8 Å². The highest BCUT2D eigenvalue weighted by atomic mass is 32.2. The van der Waals surface area contributed by atoms with Gasteiger partial charge in [-0.3, -0.25) is 38.9 Å². The number of aryl methyl sites for hydroxylation is 6. The summed E-state index contributed by atoms with van der Waals surface area (Å²) in [5, 5.41) is 29.4. The fourth-order valence-corrected chi connectivity index (χ4v) is 10.9. The van der Waals surface area contributed by atoms with Crippen molar-refractivity contribution in [1.82, 2.24) is 0 Å². The summed E-state index contributed by atoms with van der Waals surface area (Å²) in [6, 6.07) is 28.8. The summed E-state index contributed by atoms with van der Waals surface area (Å²) in [4.78, 5) is 46.8. The SMILES string of the molecule is Cc1cc(Nc2c(C)cc(C)c(CC(=O)c3ccc([N+](=O)[O-])cc3)c2C)ccc1C(c1ccc(Nc2c(C)cc(C)c(CC(=O)c3ccc([N+](=O)[O-])cc3)c2C)cc1C)c1ccc(S(=O)(=O)O)cc1S(=O)(=O)O. The van der Waals surface area contributed by atoms with Crippen LogP contribution >= 0.6 is 0 Å². The number of nitrogens with zero attached hydrogens (tertiary/aromatic N) is 2. The third-order valence-corrected chi connectivity index (χ3v) is 15.1. The predicted octanol–water partition coefficient (Wildman–Crippen LogP) is 12.0. The van der Waals surface area contributed by atoms with Gasteiger partial charge in [0.25, 0.3) is 31.6 Å². The molecule has 376 valence electrons. The molecule has 0 radical (unpaired) electrons. The van der Waals surface area contributed by atoms with Gasteiger partial charge >= 0.3 is 0 Å². The van der Waals surface area contributed by atoms with E-state index < -0.39 is 45.8 Å². The molecule has 18 heteroatoms. The van der Waals surface area contributed by atoms with E-state index in [1.807, 2.05) is 79.7 Å². The topological polar surface area (TPSA) is 253 Å². The van der Waals surface area contributed by atoms with Gasteiger partial charge in [-0.15, -0.1) is 0 Å². The Morgan fingerprint density at radius 1 is 0.493 bits per heavy atom. The zero-order valence-corrected chi connectivity index (χ0v) is 42.8. The number of carbonyl (C=O) groups excluding carboxylic acids is 2. The summed E-state index contributed by atoms with van der Waals surface area (Å²) in [6.07, 6.45) is 0.0885. The molecule has 0 aliphatic heterocycles. The number of nitro benzene ring substituents is 2. The lowest BCUT2D eigenvalue weighted by molar-refractivity contribution is -0.385. The number of carbonyl (C=O) groups is 2. The number of nitrogens with one attached hydrogen (secondary N) is 2. The number of hydrogen-bond donors (Lipinski definition) is 4. The van der Waals surface area contributed by atoms with Crippen molar-refractivity contribution in [1.29, 1.82) is 0 Å². The van der Waals surface area contributed by atoms with E-state index in [1.54, 1.807) is 24.3 Å². The summed E-state index contributed by atoms with van der Waals surface area (Å²) < 4.78 is 71.4. The van der Waals surface area contributed by atoms with E-state index in [2.05, 4.69) is 10.6 Å². The Balaban J connectivity index is 1.26. The van der Waals surface area contributed by atoms with E-state index in [0.717, 1.165) is 68.0 Å². The molecule has 7 aromatic carbocycles. The normalized spacial score (nSPS) is 11.7. The number of nitro groups is 2. The van der Waals surface area contributed by atoms with Crippen LogP contribution in [0.4, 0.5) is 34.1 Å². The smallest absolute Gasteiger partial charge is 0.294 e. The van der Waals surface area contributed by atoms with Crippen molar-refractivity contribution in [3.05, 3.63) is 219 Å². The van der Waals surface area contributed by atoms with E-state index in [1.165, 1.54) is 54.6 Å². The van der Waals surface area contributed by atoms with Crippen LogP contribution in [0.2, 0.25) is 0 Å². The first-order valence-electron chi connectivity index (χ1n) is 22.8. The molecule has 0 aliphatic rings. The van der Waals surface area contributed by atoms with Crippen molar-refractivity contribution in [2.75, 3.05) is 10.6 Å². The van der Waals surface area contributed by atoms with Crippen LogP contribution in [-0.4, -0.2) is 47.4 Å². The number of anilines is 4. The summed E-state index contributed by atoms with van der Waals surface area (Å²) in [5.74, 6) is -1.36. The van der Waals surface area contributed by atoms with Gasteiger partial charge in [-0.25, -0.2) is 0 Å². The van der Waals surface area contributed by atoms with Crippen LogP contribution in [-0.2, 0) is 33.1 Å².